The largest absolute Gasteiger partial charge is 0.270 e. The minimum absolute atomic E-state index is 0.0898. The van der Waals surface area contributed by atoms with E-state index < -0.39 is 5.82 Å². The number of thiocarbonyl (C=S) groups is 1. The van der Waals surface area contributed by atoms with Gasteiger partial charge in [-0.15, -0.1) is 0 Å². The van der Waals surface area contributed by atoms with Gasteiger partial charge in [0.2, 0.25) is 0 Å². The third-order valence-corrected chi connectivity index (χ3v) is 5.40. The van der Waals surface area contributed by atoms with Crippen LogP contribution in [0.4, 0.5) is 14.5 Å². The topological polar surface area (TPSA) is 20.3 Å². The number of carbonyl (C=O) groups is 1. The van der Waals surface area contributed by atoms with Crippen molar-refractivity contribution in [2.24, 2.45) is 0 Å². The smallest absolute Gasteiger partial charge is 0.268 e. The summed E-state index contributed by atoms with van der Waals surface area (Å²) in [5.41, 5.74) is 1.05. The van der Waals surface area contributed by atoms with E-state index in [9.17, 15) is 13.6 Å². The number of hydrogen-bond donors (Lipinski definition) is 0. The van der Waals surface area contributed by atoms with E-state index in [1.165, 1.54) is 29.2 Å². The molecule has 8 heteroatoms. The van der Waals surface area contributed by atoms with E-state index in [0.717, 1.165) is 11.8 Å². The van der Waals surface area contributed by atoms with Crippen molar-refractivity contribution in [2.75, 3.05) is 4.90 Å². The maximum absolute atomic E-state index is 13.3. The van der Waals surface area contributed by atoms with Gasteiger partial charge in [-0.3, -0.25) is 9.69 Å². The average molecular weight is 447 g/mol. The molecule has 24 heavy (non-hydrogen) atoms. The van der Waals surface area contributed by atoms with Crippen LogP contribution in [0.5, 0.6) is 0 Å². The lowest BCUT2D eigenvalue weighted by Gasteiger charge is -2.14. The molecule has 122 valence electrons. The number of halogens is 4. The van der Waals surface area contributed by atoms with Crippen LogP contribution in [0.25, 0.3) is 6.08 Å². The summed E-state index contributed by atoms with van der Waals surface area (Å²) in [6.45, 7) is 0. The first kappa shape index (κ1) is 17.5. The van der Waals surface area contributed by atoms with Crippen LogP contribution in [0.1, 0.15) is 5.56 Å². The summed E-state index contributed by atoms with van der Waals surface area (Å²) >= 11 is 15.2. The normalized spacial score (nSPS) is 16.3. The van der Waals surface area contributed by atoms with E-state index in [1.54, 1.807) is 18.2 Å². The number of benzene rings is 2. The van der Waals surface area contributed by atoms with Gasteiger partial charge in [0, 0.05) is 0 Å². The number of thioether (sulfide) groups is 1. The highest BCUT2D eigenvalue weighted by atomic mass is 79.9. The summed E-state index contributed by atoms with van der Waals surface area (Å²) in [5, 5.41) is -0.0898. The lowest BCUT2D eigenvalue weighted by molar-refractivity contribution is -0.113. The van der Waals surface area contributed by atoms with Gasteiger partial charge in [0.05, 0.1) is 20.1 Å². The van der Waals surface area contributed by atoms with Gasteiger partial charge in [-0.1, -0.05) is 41.6 Å². The lowest BCUT2D eigenvalue weighted by atomic mass is 10.2. The van der Waals surface area contributed by atoms with Crippen molar-refractivity contribution in [2.45, 2.75) is 0 Å². The fraction of sp³-hybridized carbons (Fsp3) is 0. The highest BCUT2D eigenvalue weighted by Crippen LogP contribution is 2.37. The first-order chi connectivity index (χ1) is 11.4. The minimum atomic E-state index is -0.572. The molecule has 0 N–H and O–H groups in total. The van der Waals surface area contributed by atoms with Gasteiger partial charge < -0.3 is 0 Å². The Morgan fingerprint density at radius 2 is 1.88 bits per heavy atom. The molecular formula is C16H7BrClF2NOS2. The number of hydrogen-bond acceptors (Lipinski definition) is 3. The molecule has 0 aliphatic carbocycles. The van der Waals surface area contributed by atoms with Crippen molar-refractivity contribution in [3.05, 3.63) is 68.0 Å². The molecule has 1 fully saturated rings. The zero-order chi connectivity index (χ0) is 17.4. The van der Waals surface area contributed by atoms with Crippen molar-refractivity contribution in [3.63, 3.8) is 0 Å². The molecule has 1 heterocycles. The Kier molecular flexibility index (Phi) is 5.05. The lowest BCUT2D eigenvalue weighted by Crippen LogP contribution is -2.27. The fourth-order valence-corrected chi connectivity index (χ4v) is 3.94. The minimum Gasteiger partial charge on any atom is -0.268 e. The SMILES string of the molecule is O=C1/C(=C\c2ccc(F)c(Br)c2)SC(=S)N1c1ccc(F)c(Cl)c1. The third-order valence-electron chi connectivity index (χ3n) is 3.20. The average Bonchev–Trinajstić information content (AvgIpc) is 2.80. The Hall–Kier alpha value is -1.28. The molecule has 1 aliphatic heterocycles. The number of carbonyl (C=O) groups excluding carboxylic acids is 1. The molecule has 1 saturated heterocycles. The van der Waals surface area contributed by atoms with E-state index in [0.29, 0.717) is 24.9 Å². The predicted octanol–water partition coefficient (Wildman–Crippen LogP) is 5.79. The molecule has 1 amide bonds. The number of anilines is 1. The molecule has 2 nitrogen and oxygen atoms in total. The van der Waals surface area contributed by atoms with Crippen molar-refractivity contribution in [3.8, 4) is 0 Å². The molecular weight excluding hydrogens is 440 g/mol. The summed E-state index contributed by atoms with van der Waals surface area (Å²) in [7, 11) is 0. The second kappa shape index (κ2) is 6.92. The maximum Gasteiger partial charge on any atom is 0.270 e. The molecule has 2 aromatic rings. The molecule has 0 aromatic heterocycles. The molecule has 2 aromatic carbocycles. The monoisotopic (exact) mass is 445 g/mol. The van der Waals surface area contributed by atoms with Crippen LogP contribution in [-0.4, -0.2) is 10.2 Å². The van der Waals surface area contributed by atoms with E-state index in [1.807, 2.05) is 0 Å². The van der Waals surface area contributed by atoms with Crippen LogP contribution in [-0.2, 0) is 4.79 Å². The Balaban J connectivity index is 1.94. The standard InChI is InChI=1S/C16H7BrClF2NOS2/c17-10-5-8(1-3-12(10)19)6-14-15(22)21(16(23)24-14)9-2-4-13(20)11(18)7-9/h1-7H/b14-6+. The van der Waals surface area contributed by atoms with Crippen LogP contribution >= 0.6 is 51.5 Å². The zero-order valence-corrected chi connectivity index (χ0v) is 15.7. The molecule has 3 rings (SSSR count). The molecule has 0 spiro atoms. The number of rotatable bonds is 2. The maximum atomic E-state index is 13.3. The summed E-state index contributed by atoms with van der Waals surface area (Å²) < 4.78 is 27.2. The molecule has 0 atom stereocenters. The first-order valence-electron chi connectivity index (χ1n) is 6.55. The van der Waals surface area contributed by atoms with Crippen molar-refractivity contribution < 1.29 is 13.6 Å². The van der Waals surface area contributed by atoms with Gasteiger partial charge in [-0.25, -0.2) is 8.78 Å². The molecule has 1 aliphatic rings. The fourth-order valence-electron chi connectivity index (χ4n) is 2.07. The third kappa shape index (κ3) is 3.39. The van der Waals surface area contributed by atoms with Crippen molar-refractivity contribution in [1.29, 1.82) is 0 Å². The second-order valence-electron chi connectivity index (χ2n) is 4.79. The van der Waals surface area contributed by atoms with Gasteiger partial charge in [-0.05, 0) is 57.9 Å². The molecule has 0 radical (unpaired) electrons. The number of amides is 1. The molecule has 0 saturated carbocycles. The Labute approximate surface area is 159 Å². The molecule has 0 unspecified atom stereocenters. The van der Waals surface area contributed by atoms with Gasteiger partial charge in [0.25, 0.3) is 5.91 Å². The van der Waals surface area contributed by atoms with Gasteiger partial charge in [-0.2, -0.15) is 0 Å². The van der Waals surface area contributed by atoms with Crippen molar-refractivity contribution in [1.82, 2.24) is 0 Å². The Morgan fingerprint density at radius 3 is 2.54 bits per heavy atom. The summed E-state index contributed by atoms with van der Waals surface area (Å²) in [4.78, 5) is 14.3. The van der Waals surface area contributed by atoms with Crippen molar-refractivity contribution >= 4 is 73.5 Å². The van der Waals surface area contributed by atoms with Crippen LogP contribution in [0, 0.1) is 11.6 Å². The zero-order valence-electron chi connectivity index (χ0n) is 11.7. The summed E-state index contributed by atoms with van der Waals surface area (Å²) in [5.74, 6) is -1.30. The predicted molar refractivity (Wildman–Crippen MR) is 101 cm³/mol. The summed E-state index contributed by atoms with van der Waals surface area (Å²) in [6, 6.07) is 8.38. The quantitative estimate of drug-likeness (QED) is 0.430. The Bertz CT molecular complexity index is 904. The van der Waals surface area contributed by atoms with Crippen LogP contribution < -0.4 is 4.90 Å². The van der Waals surface area contributed by atoms with E-state index >= 15 is 0 Å². The van der Waals surface area contributed by atoms with E-state index in [-0.39, 0.29) is 16.7 Å². The van der Waals surface area contributed by atoms with Crippen LogP contribution in [0.2, 0.25) is 5.02 Å². The molecule has 0 bridgehead atoms. The number of nitrogens with zero attached hydrogens (tertiary/aromatic N) is 1. The van der Waals surface area contributed by atoms with Gasteiger partial charge >= 0.3 is 0 Å². The Morgan fingerprint density at radius 1 is 1.17 bits per heavy atom. The van der Waals surface area contributed by atoms with Gasteiger partial charge in [0.1, 0.15) is 11.6 Å². The van der Waals surface area contributed by atoms with Crippen LogP contribution in [0.15, 0.2) is 45.8 Å². The van der Waals surface area contributed by atoms with E-state index in [2.05, 4.69) is 15.9 Å². The highest BCUT2D eigenvalue weighted by Gasteiger charge is 2.33. The van der Waals surface area contributed by atoms with Gasteiger partial charge in [0.15, 0.2) is 4.32 Å². The van der Waals surface area contributed by atoms with E-state index in [4.69, 9.17) is 23.8 Å². The first-order valence-corrected chi connectivity index (χ1v) is 8.94. The summed E-state index contributed by atoms with van der Waals surface area (Å²) in [6.07, 6.45) is 1.62. The second-order valence-corrected chi connectivity index (χ2v) is 7.73. The highest BCUT2D eigenvalue weighted by molar-refractivity contribution is 9.10. The van der Waals surface area contributed by atoms with Crippen LogP contribution in [0.3, 0.4) is 0 Å².